The van der Waals surface area contributed by atoms with E-state index < -0.39 is 0 Å². The lowest BCUT2D eigenvalue weighted by atomic mass is 10.0. The van der Waals surface area contributed by atoms with Crippen LogP contribution in [-0.2, 0) is 6.54 Å². The van der Waals surface area contributed by atoms with Crippen LogP contribution in [0, 0.1) is 5.92 Å². The Hall–Kier alpha value is -0.390. The van der Waals surface area contributed by atoms with Crippen LogP contribution < -0.4 is 0 Å². The van der Waals surface area contributed by atoms with Gasteiger partial charge in [0.1, 0.15) is 0 Å². The average molecular weight is 288 g/mol. The fourth-order valence-electron chi connectivity index (χ4n) is 2.16. The maximum absolute atomic E-state index is 9.51. The maximum atomic E-state index is 9.51. The molecule has 0 aliphatic carbocycles. The van der Waals surface area contributed by atoms with Crippen molar-refractivity contribution in [2.45, 2.75) is 26.0 Å². The van der Waals surface area contributed by atoms with E-state index in [1.807, 2.05) is 24.0 Å². The topological polar surface area (TPSA) is 41.3 Å². The Morgan fingerprint density at radius 3 is 3.00 bits per heavy atom. The molecule has 0 saturated carbocycles. The molecule has 2 rings (SSSR count). The first-order valence-corrected chi connectivity index (χ1v) is 6.53. The molecule has 16 heavy (non-hydrogen) atoms. The van der Waals surface area contributed by atoms with Gasteiger partial charge < -0.3 is 10.0 Å². The minimum atomic E-state index is -0.177. The molecule has 0 aromatic carbocycles. The minimum absolute atomic E-state index is 0.177. The number of nitrogens with zero attached hydrogens (tertiary/aromatic N) is 3. The van der Waals surface area contributed by atoms with E-state index in [0.29, 0.717) is 5.92 Å². The summed E-state index contributed by atoms with van der Waals surface area (Å²) < 4.78 is 2.97. The van der Waals surface area contributed by atoms with E-state index in [9.17, 15) is 5.11 Å². The number of hydrogen-bond acceptors (Lipinski definition) is 3. The van der Waals surface area contributed by atoms with Crippen LogP contribution in [0.25, 0.3) is 0 Å². The summed E-state index contributed by atoms with van der Waals surface area (Å²) in [6.07, 6.45) is 4.73. The first-order chi connectivity index (χ1) is 7.65. The van der Waals surface area contributed by atoms with Crippen molar-refractivity contribution in [3.63, 3.8) is 0 Å². The number of rotatable bonds is 4. The largest absolute Gasteiger partial charge is 0.393 e. The normalized spacial score (nSPS) is 23.8. The van der Waals surface area contributed by atoms with Gasteiger partial charge in [0.05, 0.1) is 23.3 Å². The zero-order chi connectivity index (χ0) is 11.5. The Kier molecular flexibility index (Phi) is 4.00. The molecule has 90 valence electrons. The van der Waals surface area contributed by atoms with E-state index in [-0.39, 0.29) is 6.10 Å². The summed E-state index contributed by atoms with van der Waals surface area (Å²) in [5.74, 6) is 0.448. The fourth-order valence-corrected chi connectivity index (χ4v) is 2.49. The smallest absolute Gasteiger partial charge is 0.0632 e. The van der Waals surface area contributed by atoms with Gasteiger partial charge in [-0.1, -0.05) is 0 Å². The quantitative estimate of drug-likeness (QED) is 0.909. The summed E-state index contributed by atoms with van der Waals surface area (Å²) in [6, 6.07) is 0. The van der Waals surface area contributed by atoms with Crippen LogP contribution in [0.4, 0.5) is 0 Å². The first-order valence-electron chi connectivity index (χ1n) is 5.73. The highest BCUT2D eigenvalue weighted by molar-refractivity contribution is 9.10. The SMILES string of the molecule is CC(O)C1CCN(CCn2cc(Br)cn2)C1. The molecule has 1 aliphatic heterocycles. The second kappa shape index (κ2) is 5.29. The Morgan fingerprint density at radius 1 is 1.62 bits per heavy atom. The van der Waals surface area contributed by atoms with Crippen LogP contribution in [0.3, 0.4) is 0 Å². The second-order valence-electron chi connectivity index (χ2n) is 4.51. The van der Waals surface area contributed by atoms with Crippen molar-refractivity contribution in [1.82, 2.24) is 14.7 Å². The van der Waals surface area contributed by atoms with Crippen molar-refractivity contribution >= 4 is 15.9 Å². The zero-order valence-electron chi connectivity index (χ0n) is 9.51. The Balaban J connectivity index is 1.75. The van der Waals surface area contributed by atoms with Gasteiger partial charge in [-0.25, -0.2) is 0 Å². The van der Waals surface area contributed by atoms with E-state index in [2.05, 4.69) is 25.9 Å². The highest BCUT2D eigenvalue weighted by atomic mass is 79.9. The molecule has 5 heteroatoms. The Bertz CT molecular complexity index is 340. The van der Waals surface area contributed by atoms with E-state index >= 15 is 0 Å². The minimum Gasteiger partial charge on any atom is -0.393 e. The molecule has 2 atom stereocenters. The lowest BCUT2D eigenvalue weighted by Crippen LogP contribution is -2.27. The molecule has 0 radical (unpaired) electrons. The number of aromatic nitrogens is 2. The maximum Gasteiger partial charge on any atom is 0.0632 e. The van der Waals surface area contributed by atoms with Crippen LogP contribution in [0.1, 0.15) is 13.3 Å². The van der Waals surface area contributed by atoms with Gasteiger partial charge in [-0.15, -0.1) is 0 Å². The van der Waals surface area contributed by atoms with Crippen molar-refractivity contribution < 1.29 is 5.11 Å². The zero-order valence-corrected chi connectivity index (χ0v) is 11.1. The van der Waals surface area contributed by atoms with Crippen molar-refractivity contribution in [3.05, 3.63) is 16.9 Å². The number of hydrogen-bond donors (Lipinski definition) is 1. The molecule has 2 unspecified atom stereocenters. The van der Waals surface area contributed by atoms with Crippen LogP contribution in [0.2, 0.25) is 0 Å². The highest BCUT2D eigenvalue weighted by Gasteiger charge is 2.25. The van der Waals surface area contributed by atoms with Crippen LogP contribution >= 0.6 is 15.9 Å². The number of aliphatic hydroxyl groups excluding tert-OH is 1. The predicted molar refractivity (Wildman–Crippen MR) is 66.2 cm³/mol. The summed E-state index contributed by atoms with van der Waals surface area (Å²) in [7, 11) is 0. The summed E-state index contributed by atoms with van der Waals surface area (Å²) in [5, 5.41) is 13.7. The molecule has 2 heterocycles. The average Bonchev–Trinajstić information content (AvgIpc) is 2.83. The summed E-state index contributed by atoms with van der Waals surface area (Å²) in [6.45, 7) is 5.92. The van der Waals surface area contributed by atoms with Crippen molar-refractivity contribution in [1.29, 1.82) is 0 Å². The number of likely N-dealkylation sites (tertiary alicyclic amines) is 1. The third-order valence-corrected chi connectivity index (χ3v) is 3.65. The summed E-state index contributed by atoms with van der Waals surface area (Å²) >= 11 is 3.38. The molecule has 1 fully saturated rings. The van der Waals surface area contributed by atoms with Gasteiger partial charge in [-0.05, 0) is 41.7 Å². The van der Waals surface area contributed by atoms with E-state index in [0.717, 1.165) is 37.1 Å². The van der Waals surface area contributed by atoms with Crippen LogP contribution in [-0.4, -0.2) is 45.5 Å². The fraction of sp³-hybridized carbons (Fsp3) is 0.727. The first kappa shape index (κ1) is 12.1. The van der Waals surface area contributed by atoms with Gasteiger partial charge in [0.15, 0.2) is 0 Å². The molecule has 0 amide bonds. The third-order valence-electron chi connectivity index (χ3n) is 3.24. The lowest BCUT2D eigenvalue weighted by Gasteiger charge is -2.17. The van der Waals surface area contributed by atoms with E-state index in [4.69, 9.17) is 0 Å². The second-order valence-corrected chi connectivity index (χ2v) is 5.43. The molecule has 1 aliphatic rings. The van der Waals surface area contributed by atoms with Crippen LogP contribution in [0.5, 0.6) is 0 Å². The van der Waals surface area contributed by atoms with Gasteiger partial charge in [0.2, 0.25) is 0 Å². The van der Waals surface area contributed by atoms with E-state index in [1.54, 1.807) is 0 Å². The van der Waals surface area contributed by atoms with E-state index in [1.165, 1.54) is 0 Å². The Labute approximate surface area is 104 Å². The van der Waals surface area contributed by atoms with Crippen LogP contribution in [0.15, 0.2) is 16.9 Å². The molecular formula is C11H18BrN3O. The summed E-state index contributed by atoms with van der Waals surface area (Å²) in [5.41, 5.74) is 0. The van der Waals surface area contributed by atoms with Gasteiger partial charge >= 0.3 is 0 Å². The number of halogens is 1. The predicted octanol–water partition coefficient (Wildman–Crippen LogP) is 1.35. The monoisotopic (exact) mass is 287 g/mol. The Morgan fingerprint density at radius 2 is 2.44 bits per heavy atom. The van der Waals surface area contributed by atoms with Gasteiger partial charge in [-0.2, -0.15) is 5.10 Å². The van der Waals surface area contributed by atoms with Crippen molar-refractivity contribution in [2.24, 2.45) is 5.92 Å². The molecular weight excluding hydrogens is 270 g/mol. The standard InChI is InChI=1S/C11H18BrN3O/c1-9(16)10-2-3-14(7-10)4-5-15-8-11(12)6-13-15/h6,8-10,16H,2-5,7H2,1H3. The van der Waals surface area contributed by atoms with Crippen molar-refractivity contribution in [3.8, 4) is 0 Å². The molecule has 0 bridgehead atoms. The number of aliphatic hydroxyl groups is 1. The molecule has 1 saturated heterocycles. The molecule has 1 aromatic heterocycles. The van der Waals surface area contributed by atoms with Crippen molar-refractivity contribution in [2.75, 3.05) is 19.6 Å². The molecule has 1 N–H and O–H groups in total. The molecule has 4 nitrogen and oxygen atoms in total. The third kappa shape index (κ3) is 3.06. The van der Waals surface area contributed by atoms with Gasteiger partial charge in [0.25, 0.3) is 0 Å². The molecule has 0 spiro atoms. The van der Waals surface area contributed by atoms with Gasteiger partial charge in [-0.3, -0.25) is 4.68 Å². The highest BCUT2D eigenvalue weighted by Crippen LogP contribution is 2.19. The molecule has 1 aromatic rings. The lowest BCUT2D eigenvalue weighted by molar-refractivity contribution is 0.127. The summed E-state index contributed by atoms with van der Waals surface area (Å²) in [4.78, 5) is 2.40. The van der Waals surface area contributed by atoms with Gasteiger partial charge in [0, 0.05) is 19.3 Å².